The lowest BCUT2D eigenvalue weighted by Gasteiger charge is -2.30. The molecule has 9 heteroatoms. The minimum atomic E-state index is -0.124. The Labute approximate surface area is 197 Å². The third-order valence-electron chi connectivity index (χ3n) is 5.70. The molecule has 1 aliphatic rings. The van der Waals surface area contributed by atoms with Crippen LogP contribution < -0.4 is 10.6 Å². The fraction of sp³-hybridized carbons (Fsp3) is 0.333. The van der Waals surface area contributed by atoms with Gasteiger partial charge in [0.15, 0.2) is 0 Å². The number of benzene rings is 2. The molecule has 0 bridgehead atoms. The standard InChI is InChI=1S/C24H27N5O3S/c1-16-8-9-20(14-17(16)2)25-21(30)15-33-24-28-27-22(32-24)18-10-12-29(13-11-18)23(31)26-19-6-4-3-5-7-19/h3-9,14,18H,10-13,15H2,1-2H3,(H,25,30)(H,26,31). The number of urea groups is 1. The summed E-state index contributed by atoms with van der Waals surface area (Å²) >= 11 is 1.22. The number of hydrogen-bond acceptors (Lipinski definition) is 6. The van der Waals surface area contributed by atoms with Gasteiger partial charge >= 0.3 is 6.03 Å². The first-order chi connectivity index (χ1) is 16.0. The van der Waals surface area contributed by atoms with Crippen LogP contribution >= 0.6 is 11.8 Å². The topological polar surface area (TPSA) is 100 Å². The van der Waals surface area contributed by atoms with Crippen LogP contribution in [0, 0.1) is 13.8 Å². The van der Waals surface area contributed by atoms with Gasteiger partial charge in [0.05, 0.1) is 5.75 Å². The molecule has 3 aromatic rings. The molecule has 1 aromatic heterocycles. The van der Waals surface area contributed by atoms with Gasteiger partial charge in [-0.05, 0) is 62.1 Å². The molecule has 0 saturated carbocycles. The molecule has 0 spiro atoms. The molecule has 1 fully saturated rings. The van der Waals surface area contributed by atoms with Crippen LogP contribution in [0.1, 0.15) is 35.8 Å². The van der Waals surface area contributed by atoms with Gasteiger partial charge in [-0.1, -0.05) is 36.0 Å². The second kappa shape index (κ2) is 10.5. The molecule has 0 atom stereocenters. The van der Waals surface area contributed by atoms with Crippen molar-refractivity contribution in [1.82, 2.24) is 15.1 Å². The molecule has 0 radical (unpaired) electrons. The molecule has 0 aliphatic carbocycles. The number of aryl methyl sites for hydroxylation is 2. The highest BCUT2D eigenvalue weighted by molar-refractivity contribution is 7.99. The first-order valence-corrected chi connectivity index (χ1v) is 11.9. The lowest BCUT2D eigenvalue weighted by Crippen LogP contribution is -2.40. The predicted molar refractivity (Wildman–Crippen MR) is 129 cm³/mol. The van der Waals surface area contributed by atoms with E-state index < -0.39 is 0 Å². The monoisotopic (exact) mass is 465 g/mol. The zero-order chi connectivity index (χ0) is 23.2. The number of anilines is 2. The lowest BCUT2D eigenvalue weighted by molar-refractivity contribution is -0.113. The smallest absolute Gasteiger partial charge is 0.321 e. The molecule has 1 saturated heterocycles. The number of nitrogens with one attached hydrogen (secondary N) is 2. The molecule has 2 heterocycles. The summed E-state index contributed by atoms with van der Waals surface area (Å²) in [6.45, 7) is 5.28. The fourth-order valence-electron chi connectivity index (χ4n) is 3.64. The number of rotatable bonds is 6. The molecule has 0 unspecified atom stereocenters. The van der Waals surface area contributed by atoms with Crippen molar-refractivity contribution in [2.24, 2.45) is 0 Å². The molecule has 3 amide bonds. The van der Waals surface area contributed by atoms with E-state index in [1.165, 1.54) is 17.3 Å². The van der Waals surface area contributed by atoms with Crippen molar-refractivity contribution in [1.29, 1.82) is 0 Å². The number of likely N-dealkylation sites (tertiary alicyclic amines) is 1. The third-order valence-corrected chi connectivity index (χ3v) is 6.51. The van der Waals surface area contributed by atoms with E-state index in [4.69, 9.17) is 4.42 Å². The number of carbonyl (C=O) groups is 2. The van der Waals surface area contributed by atoms with Gasteiger partial charge in [-0.15, -0.1) is 10.2 Å². The van der Waals surface area contributed by atoms with Gasteiger partial charge in [0.1, 0.15) is 0 Å². The van der Waals surface area contributed by atoms with E-state index in [1.54, 1.807) is 4.90 Å². The number of thioether (sulfide) groups is 1. The summed E-state index contributed by atoms with van der Waals surface area (Å²) in [7, 11) is 0. The Morgan fingerprint density at radius 3 is 2.48 bits per heavy atom. The molecule has 1 aliphatic heterocycles. The Morgan fingerprint density at radius 1 is 1.00 bits per heavy atom. The Balaban J connectivity index is 1.23. The van der Waals surface area contributed by atoms with Crippen molar-refractivity contribution in [3.63, 3.8) is 0 Å². The van der Waals surface area contributed by atoms with Crippen LogP contribution in [0.25, 0.3) is 0 Å². The molecular formula is C24H27N5O3S. The summed E-state index contributed by atoms with van der Waals surface area (Å²) < 4.78 is 5.79. The van der Waals surface area contributed by atoms with Crippen molar-refractivity contribution < 1.29 is 14.0 Å². The second-order valence-electron chi connectivity index (χ2n) is 8.10. The Kier molecular flexibility index (Phi) is 7.29. The number of carbonyl (C=O) groups excluding carboxylic acids is 2. The summed E-state index contributed by atoms with van der Waals surface area (Å²) in [5, 5.41) is 14.4. The number of amides is 3. The van der Waals surface area contributed by atoms with Crippen LogP contribution in [0.2, 0.25) is 0 Å². The van der Waals surface area contributed by atoms with Gasteiger partial charge in [0.2, 0.25) is 11.8 Å². The van der Waals surface area contributed by atoms with E-state index in [9.17, 15) is 9.59 Å². The van der Waals surface area contributed by atoms with E-state index in [0.29, 0.717) is 24.2 Å². The Hall–Kier alpha value is -3.33. The van der Waals surface area contributed by atoms with Gasteiger partial charge in [0.25, 0.3) is 5.22 Å². The van der Waals surface area contributed by atoms with E-state index in [1.807, 2.05) is 62.4 Å². The summed E-state index contributed by atoms with van der Waals surface area (Å²) in [5.74, 6) is 0.736. The van der Waals surface area contributed by atoms with Gasteiger partial charge in [0, 0.05) is 30.4 Å². The first-order valence-electron chi connectivity index (χ1n) is 10.9. The van der Waals surface area contributed by atoms with Crippen LogP contribution in [0.3, 0.4) is 0 Å². The van der Waals surface area contributed by atoms with Crippen LogP contribution in [-0.4, -0.2) is 45.9 Å². The van der Waals surface area contributed by atoms with Crippen molar-refractivity contribution in [2.75, 3.05) is 29.5 Å². The van der Waals surface area contributed by atoms with Gasteiger partial charge in [-0.2, -0.15) is 0 Å². The summed E-state index contributed by atoms with van der Waals surface area (Å²) in [6, 6.07) is 15.1. The van der Waals surface area contributed by atoms with Crippen molar-refractivity contribution >= 4 is 35.1 Å². The molecule has 172 valence electrons. The molecule has 8 nitrogen and oxygen atoms in total. The van der Waals surface area contributed by atoms with Crippen molar-refractivity contribution in [3.05, 3.63) is 65.5 Å². The zero-order valence-corrected chi connectivity index (χ0v) is 19.5. The van der Waals surface area contributed by atoms with Gasteiger partial charge in [-0.3, -0.25) is 4.79 Å². The minimum absolute atomic E-state index is 0.101. The summed E-state index contributed by atoms with van der Waals surface area (Å²) in [4.78, 5) is 26.5. The maximum Gasteiger partial charge on any atom is 0.321 e. The molecule has 33 heavy (non-hydrogen) atoms. The van der Waals surface area contributed by atoms with E-state index >= 15 is 0 Å². The highest BCUT2D eigenvalue weighted by Crippen LogP contribution is 2.29. The Bertz CT molecular complexity index is 1110. The lowest BCUT2D eigenvalue weighted by atomic mass is 9.97. The average Bonchev–Trinajstić information content (AvgIpc) is 3.30. The minimum Gasteiger partial charge on any atom is -0.416 e. The molecule has 4 rings (SSSR count). The summed E-state index contributed by atoms with van der Waals surface area (Å²) in [5.41, 5.74) is 3.87. The third kappa shape index (κ3) is 6.13. The highest BCUT2D eigenvalue weighted by atomic mass is 32.2. The van der Waals surface area contributed by atoms with Crippen molar-refractivity contribution in [2.45, 2.75) is 37.8 Å². The average molecular weight is 466 g/mol. The zero-order valence-electron chi connectivity index (χ0n) is 18.7. The van der Waals surface area contributed by atoms with E-state index in [-0.39, 0.29) is 23.6 Å². The molecular weight excluding hydrogens is 438 g/mol. The second-order valence-corrected chi connectivity index (χ2v) is 9.03. The fourth-order valence-corrected chi connectivity index (χ4v) is 4.21. The highest BCUT2D eigenvalue weighted by Gasteiger charge is 2.27. The van der Waals surface area contributed by atoms with Crippen molar-refractivity contribution in [3.8, 4) is 0 Å². The van der Waals surface area contributed by atoms with Crippen LogP contribution in [0.4, 0.5) is 16.2 Å². The molecule has 2 N–H and O–H groups in total. The van der Waals surface area contributed by atoms with Gasteiger partial charge in [-0.25, -0.2) is 4.79 Å². The maximum absolute atomic E-state index is 12.5. The number of aromatic nitrogens is 2. The number of nitrogens with zero attached hydrogens (tertiary/aromatic N) is 3. The predicted octanol–water partition coefficient (Wildman–Crippen LogP) is 4.83. The number of para-hydroxylation sites is 1. The van der Waals surface area contributed by atoms with E-state index in [2.05, 4.69) is 20.8 Å². The quantitative estimate of drug-likeness (QED) is 0.506. The van der Waals surface area contributed by atoms with Crippen LogP contribution in [0.15, 0.2) is 58.2 Å². The largest absolute Gasteiger partial charge is 0.416 e. The SMILES string of the molecule is Cc1ccc(NC(=O)CSc2nnc(C3CCN(C(=O)Nc4ccccc4)CC3)o2)cc1C. The first kappa shape index (κ1) is 22.8. The number of hydrogen-bond donors (Lipinski definition) is 2. The number of piperidine rings is 1. The molecule has 2 aromatic carbocycles. The maximum atomic E-state index is 12.5. The normalized spacial score (nSPS) is 14.2. The van der Waals surface area contributed by atoms with E-state index in [0.717, 1.165) is 29.8 Å². The summed E-state index contributed by atoms with van der Waals surface area (Å²) in [6.07, 6.45) is 1.50. The Morgan fingerprint density at radius 2 is 1.76 bits per heavy atom. The van der Waals surface area contributed by atoms with Crippen LogP contribution in [0.5, 0.6) is 0 Å². The van der Waals surface area contributed by atoms with Crippen LogP contribution in [-0.2, 0) is 4.79 Å². The van der Waals surface area contributed by atoms with Gasteiger partial charge < -0.3 is 20.0 Å².